The highest BCUT2D eigenvalue weighted by atomic mass is 16.3. The van der Waals surface area contributed by atoms with Gasteiger partial charge in [0, 0.05) is 5.56 Å². The molecule has 0 saturated heterocycles. The first-order valence-electron chi connectivity index (χ1n) is 7.87. The zero-order valence-electron chi connectivity index (χ0n) is 14.2. The maximum atomic E-state index is 12.5. The lowest BCUT2D eigenvalue weighted by molar-refractivity contribution is 0.0713. The molecule has 0 fully saturated rings. The fraction of sp³-hybridized carbons (Fsp3) is 0.632. The monoisotopic (exact) mass is 288 g/mol. The molecular formula is C19H28O2. The molecule has 116 valence electrons. The first-order chi connectivity index (χ1) is 9.50. The van der Waals surface area contributed by atoms with E-state index in [4.69, 9.17) is 0 Å². The van der Waals surface area contributed by atoms with Crippen molar-refractivity contribution in [3.63, 3.8) is 0 Å². The lowest BCUT2D eigenvalue weighted by atomic mass is 9.84. The van der Waals surface area contributed by atoms with Crippen LogP contribution in [0.3, 0.4) is 0 Å². The van der Waals surface area contributed by atoms with Crippen LogP contribution in [-0.4, -0.2) is 10.9 Å². The van der Waals surface area contributed by atoms with Gasteiger partial charge in [0.2, 0.25) is 0 Å². The van der Waals surface area contributed by atoms with E-state index < -0.39 is 6.10 Å². The normalized spacial score (nSPS) is 22.5. The van der Waals surface area contributed by atoms with Gasteiger partial charge in [-0.3, -0.25) is 4.79 Å². The van der Waals surface area contributed by atoms with E-state index in [1.165, 1.54) is 5.56 Å². The predicted molar refractivity (Wildman–Crippen MR) is 86.6 cm³/mol. The van der Waals surface area contributed by atoms with Gasteiger partial charge in [-0.25, -0.2) is 0 Å². The van der Waals surface area contributed by atoms with Gasteiger partial charge in [-0.2, -0.15) is 0 Å². The van der Waals surface area contributed by atoms with E-state index in [2.05, 4.69) is 41.5 Å². The highest BCUT2D eigenvalue weighted by Crippen LogP contribution is 2.41. The van der Waals surface area contributed by atoms with E-state index in [9.17, 15) is 9.90 Å². The molecule has 2 nitrogen and oxygen atoms in total. The Labute approximate surface area is 128 Å². The molecule has 1 N–H and O–H groups in total. The zero-order chi connectivity index (χ0) is 16.0. The zero-order valence-corrected chi connectivity index (χ0v) is 14.2. The summed E-state index contributed by atoms with van der Waals surface area (Å²) in [6.45, 7) is 13.0. The lowest BCUT2D eigenvalue weighted by Crippen LogP contribution is -2.17. The number of Topliss-reactive ketones (excluding diaryl/α,β-unsaturated/α-hetero) is 1. The minimum atomic E-state index is -0.642. The van der Waals surface area contributed by atoms with Crippen molar-refractivity contribution in [1.29, 1.82) is 0 Å². The molecule has 2 heteroatoms. The van der Waals surface area contributed by atoms with Gasteiger partial charge in [-0.1, -0.05) is 59.7 Å². The van der Waals surface area contributed by atoms with Gasteiger partial charge in [0.25, 0.3) is 0 Å². The SMILES string of the molecule is CC(C)(C)CCC1C(=O)c2ccc(C(C)(C)C)cc2C1O. The van der Waals surface area contributed by atoms with Crippen LogP contribution in [0.4, 0.5) is 0 Å². The van der Waals surface area contributed by atoms with Crippen LogP contribution in [0.5, 0.6) is 0 Å². The Kier molecular flexibility index (Phi) is 4.05. The van der Waals surface area contributed by atoms with E-state index in [1.807, 2.05) is 18.2 Å². The lowest BCUT2D eigenvalue weighted by Gasteiger charge is -2.22. The van der Waals surface area contributed by atoms with Gasteiger partial charge < -0.3 is 5.11 Å². The Balaban J connectivity index is 2.27. The molecule has 1 aliphatic carbocycles. The summed E-state index contributed by atoms with van der Waals surface area (Å²) < 4.78 is 0. The highest BCUT2D eigenvalue weighted by Gasteiger charge is 2.39. The number of aliphatic hydroxyl groups is 1. The molecule has 0 aliphatic heterocycles. The summed E-state index contributed by atoms with van der Waals surface area (Å²) in [4.78, 5) is 12.5. The number of rotatable bonds is 2. The Morgan fingerprint density at radius 3 is 2.24 bits per heavy atom. The number of ketones is 1. The molecule has 1 aromatic carbocycles. The number of benzene rings is 1. The molecule has 0 radical (unpaired) electrons. The van der Waals surface area contributed by atoms with Crippen molar-refractivity contribution in [2.75, 3.05) is 0 Å². The summed E-state index contributed by atoms with van der Waals surface area (Å²) in [5.74, 6) is -0.156. The van der Waals surface area contributed by atoms with Crippen LogP contribution in [0.1, 0.15) is 82.0 Å². The summed E-state index contributed by atoms with van der Waals surface area (Å²) in [7, 11) is 0. The summed E-state index contributed by atoms with van der Waals surface area (Å²) in [6.07, 6.45) is 1.06. The van der Waals surface area contributed by atoms with Crippen molar-refractivity contribution < 1.29 is 9.90 Å². The predicted octanol–water partition coefficient (Wildman–Crippen LogP) is 4.66. The van der Waals surface area contributed by atoms with Crippen molar-refractivity contribution in [2.45, 2.75) is 65.9 Å². The van der Waals surface area contributed by atoms with Gasteiger partial charge in [0.15, 0.2) is 5.78 Å². The average Bonchev–Trinajstić information content (AvgIpc) is 2.57. The second kappa shape index (κ2) is 5.24. The third kappa shape index (κ3) is 3.37. The van der Waals surface area contributed by atoms with Crippen molar-refractivity contribution in [1.82, 2.24) is 0 Å². The molecule has 1 aromatic rings. The molecule has 21 heavy (non-hydrogen) atoms. The van der Waals surface area contributed by atoms with Crippen LogP contribution >= 0.6 is 0 Å². The van der Waals surface area contributed by atoms with E-state index >= 15 is 0 Å². The first kappa shape index (κ1) is 16.2. The maximum Gasteiger partial charge on any atom is 0.169 e. The van der Waals surface area contributed by atoms with Crippen LogP contribution < -0.4 is 0 Å². The quantitative estimate of drug-likeness (QED) is 0.859. The fourth-order valence-electron chi connectivity index (χ4n) is 2.94. The Bertz CT molecular complexity index is 544. The number of carbonyl (C=O) groups excluding carboxylic acids is 1. The smallest absolute Gasteiger partial charge is 0.169 e. The summed E-state index contributed by atoms with van der Waals surface area (Å²) in [5, 5.41) is 10.6. The van der Waals surface area contributed by atoms with Crippen LogP contribution in [0.25, 0.3) is 0 Å². The molecule has 0 saturated carbocycles. The van der Waals surface area contributed by atoms with Crippen LogP contribution in [0.15, 0.2) is 18.2 Å². The second-order valence-corrected chi connectivity index (χ2v) is 8.57. The van der Waals surface area contributed by atoms with Crippen molar-refractivity contribution in [3.05, 3.63) is 34.9 Å². The Hall–Kier alpha value is -1.15. The molecule has 2 rings (SSSR count). The minimum Gasteiger partial charge on any atom is -0.388 e. The van der Waals surface area contributed by atoms with Gasteiger partial charge >= 0.3 is 0 Å². The van der Waals surface area contributed by atoms with Crippen molar-refractivity contribution in [3.8, 4) is 0 Å². The van der Waals surface area contributed by atoms with E-state index in [1.54, 1.807) is 0 Å². The third-order valence-electron chi connectivity index (χ3n) is 4.42. The minimum absolute atomic E-state index is 0.0291. The maximum absolute atomic E-state index is 12.5. The van der Waals surface area contributed by atoms with Crippen LogP contribution in [-0.2, 0) is 5.41 Å². The molecule has 0 aromatic heterocycles. The molecular weight excluding hydrogens is 260 g/mol. The Morgan fingerprint density at radius 1 is 1.10 bits per heavy atom. The van der Waals surface area contributed by atoms with Gasteiger partial charge in [0.05, 0.1) is 12.0 Å². The fourth-order valence-corrected chi connectivity index (χ4v) is 2.94. The van der Waals surface area contributed by atoms with E-state index in [0.717, 1.165) is 24.0 Å². The molecule has 0 spiro atoms. The summed E-state index contributed by atoms with van der Waals surface area (Å²) >= 11 is 0. The van der Waals surface area contributed by atoms with Crippen LogP contribution in [0.2, 0.25) is 0 Å². The van der Waals surface area contributed by atoms with Crippen molar-refractivity contribution in [2.24, 2.45) is 11.3 Å². The Morgan fingerprint density at radius 2 is 1.71 bits per heavy atom. The van der Waals surface area contributed by atoms with Gasteiger partial charge in [0.1, 0.15) is 0 Å². The topological polar surface area (TPSA) is 37.3 Å². The largest absolute Gasteiger partial charge is 0.388 e. The summed E-state index contributed by atoms with van der Waals surface area (Å²) in [6, 6.07) is 5.95. The van der Waals surface area contributed by atoms with Crippen LogP contribution in [0, 0.1) is 11.3 Å². The second-order valence-electron chi connectivity index (χ2n) is 8.57. The average molecular weight is 288 g/mol. The summed E-state index contributed by atoms with van der Waals surface area (Å²) in [5.41, 5.74) is 2.93. The molecule has 0 heterocycles. The van der Waals surface area contributed by atoms with Gasteiger partial charge in [-0.05, 0) is 34.8 Å². The first-order valence-corrected chi connectivity index (χ1v) is 7.87. The molecule has 1 aliphatic rings. The third-order valence-corrected chi connectivity index (χ3v) is 4.42. The van der Waals surface area contributed by atoms with Gasteiger partial charge in [-0.15, -0.1) is 0 Å². The number of hydrogen-bond acceptors (Lipinski definition) is 2. The molecule has 0 bridgehead atoms. The highest BCUT2D eigenvalue weighted by molar-refractivity contribution is 6.03. The standard InChI is InChI=1S/C19H28O2/c1-18(2,3)10-9-14-16(20)13-8-7-12(19(4,5)6)11-15(13)17(14)21/h7-8,11,14,17,21H,9-10H2,1-6H3. The molecule has 2 unspecified atom stereocenters. The number of hydrogen-bond donors (Lipinski definition) is 1. The molecule has 0 amide bonds. The van der Waals surface area contributed by atoms with Crippen molar-refractivity contribution >= 4 is 5.78 Å². The number of aliphatic hydroxyl groups excluding tert-OH is 1. The van der Waals surface area contributed by atoms with E-state index in [-0.39, 0.29) is 22.5 Å². The number of fused-ring (bicyclic) bond motifs is 1. The molecule has 2 atom stereocenters. The van der Waals surface area contributed by atoms with E-state index in [0.29, 0.717) is 0 Å². The number of carbonyl (C=O) groups is 1.